The standard InChI is InChI=1S/C27H30F2O5/c1-27(29,26(31)32)24(17-8-9-17)19-4-3-5-21(14-19)34-25(30)18-10-6-16(7-11-18)22-15-20(33-2)12-13-23(22)28/h3-5,12-18,24H,6-11H2,1-2H3,(H,31,32)/t16?,18?,24-,27+/m0/s1. The first kappa shape index (κ1) is 24.2. The van der Waals surface area contributed by atoms with Gasteiger partial charge in [-0.25, -0.2) is 13.6 Å². The molecule has 182 valence electrons. The second-order valence-electron chi connectivity index (χ2n) is 9.63. The zero-order chi connectivity index (χ0) is 24.5. The number of hydrogen-bond donors (Lipinski definition) is 1. The number of benzene rings is 2. The lowest BCUT2D eigenvalue weighted by atomic mass is 9.78. The van der Waals surface area contributed by atoms with E-state index in [0.717, 1.165) is 19.8 Å². The number of carbonyl (C=O) groups excluding carboxylic acids is 1. The number of aliphatic carboxylic acids is 1. The van der Waals surface area contributed by atoms with Crippen LogP contribution in [0.5, 0.6) is 11.5 Å². The molecular weight excluding hydrogens is 442 g/mol. The third-order valence-corrected chi connectivity index (χ3v) is 7.23. The summed E-state index contributed by atoms with van der Waals surface area (Å²) >= 11 is 0. The number of carboxylic acids is 1. The number of ether oxygens (including phenoxy) is 2. The van der Waals surface area contributed by atoms with E-state index < -0.39 is 17.6 Å². The Morgan fingerprint density at radius 1 is 1.03 bits per heavy atom. The van der Waals surface area contributed by atoms with E-state index >= 15 is 4.39 Å². The van der Waals surface area contributed by atoms with Gasteiger partial charge in [-0.15, -0.1) is 0 Å². The van der Waals surface area contributed by atoms with Crippen molar-refractivity contribution in [1.29, 1.82) is 0 Å². The summed E-state index contributed by atoms with van der Waals surface area (Å²) in [7, 11) is 1.54. The number of halogens is 2. The van der Waals surface area contributed by atoms with E-state index in [1.54, 1.807) is 43.5 Å². The van der Waals surface area contributed by atoms with Gasteiger partial charge in [0.2, 0.25) is 5.67 Å². The summed E-state index contributed by atoms with van der Waals surface area (Å²) in [5.74, 6) is -2.36. The van der Waals surface area contributed by atoms with Crippen LogP contribution < -0.4 is 9.47 Å². The van der Waals surface area contributed by atoms with Gasteiger partial charge in [0.1, 0.15) is 17.3 Å². The molecule has 0 aliphatic heterocycles. The maximum absolute atomic E-state index is 15.0. The summed E-state index contributed by atoms with van der Waals surface area (Å²) in [6.45, 7) is 1.10. The molecular formula is C27H30F2O5. The van der Waals surface area contributed by atoms with Crippen molar-refractivity contribution in [2.24, 2.45) is 11.8 Å². The van der Waals surface area contributed by atoms with E-state index in [0.29, 0.717) is 42.6 Å². The Bertz CT molecular complexity index is 1050. The average molecular weight is 473 g/mol. The van der Waals surface area contributed by atoms with Crippen LogP contribution in [0.2, 0.25) is 0 Å². The van der Waals surface area contributed by atoms with Crippen molar-refractivity contribution >= 4 is 11.9 Å². The Kier molecular flexibility index (Phi) is 6.91. The van der Waals surface area contributed by atoms with Gasteiger partial charge in [-0.3, -0.25) is 4.79 Å². The maximum atomic E-state index is 15.0. The lowest BCUT2D eigenvalue weighted by Gasteiger charge is -2.28. The number of rotatable bonds is 8. The van der Waals surface area contributed by atoms with Crippen LogP contribution in [-0.4, -0.2) is 29.8 Å². The van der Waals surface area contributed by atoms with Crippen LogP contribution in [-0.2, 0) is 9.59 Å². The topological polar surface area (TPSA) is 72.8 Å². The van der Waals surface area contributed by atoms with Crippen molar-refractivity contribution in [3.8, 4) is 11.5 Å². The first-order valence-corrected chi connectivity index (χ1v) is 11.8. The van der Waals surface area contributed by atoms with Crippen LogP contribution in [0.1, 0.15) is 68.4 Å². The number of hydrogen-bond acceptors (Lipinski definition) is 4. The summed E-state index contributed by atoms with van der Waals surface area (Å²) < 4.78 is 40.2. The van der Waals surface area contributed by atoms with Crippen molar-refractivity contribution in [3.05, 3.63) is 59.4 Å². The fraction of sp³-hybridized carbons (Fsp3) is 0.481. The summed E-state index contributed by atoms with van der Waals surface area (Å²) in [5, 5.41) is 9.39. The van der Waals surface area contributed by atoms with Crippen LogP contribution >= 0.6 is 0 Å². The fourth-order valence-corrected chi connectivity index (χ4v) is 5.16. The molecule has 0 aromatic heterocycles. The summed E-state index contributed by atoms with van der Waals surface area (Å²) in [6, 6.07) is 11.3. The molecule has 34 heavy (non-hydrogen) atoms. The predicted octanol–water partition coefficient (Wildman–Crippen LogP) is 6.02. The van der Waals surface area contributed by atoms with E-state index in [4.69, 9.17) is 9.47 Å². The van der Waals surface area contributed by atoms with Crippen molar-refractivity contribution < 1.29 is 33.0 Å². The van der Waals surface area contributed by atoms with Crippen LogP contribution in [0.4, 0.5) is 8.78 Å². The Balaban J connectivity index is 1.41. The lowest BCUT2D eigenvalue weighted by molar-refractivity contribution is -0.151. The van der Waals surface area contributed by atoms with Crippen LogP contribution in [0.3, 0.4) is 0 Å². The molecule has 0 spiro atoms. The first-order chi connectivity index (χ1) is 16.2. The molecule has 0 radical (unpaired) electrons. The van der Waals surface area contributed by atoms with Crippen LogP contribution in [0.15, 0.2) is 42.5 Å². The highest BCUT2D eigenvalue weighted by Gasteiger charge is 2.50. The SMILES string of the molecule is COc1ccc(F)c(C2CCC(C(=O)Oc3cccc([C@H](C4CC4)[C@@](C)(F)C(=O)O)c3)CC2)c1. The van der Waals surface area contributed by atoms with Crippen molar-refractivity contribution in [2.45, 2.75) is 63.0 Å². The molecule has 2 saturated carbocycles. The molecule has 0 heterocycles. The van der Waals surface area contributed by atoms with Gasteiger partial charge in [-0.2, -0.15) is 0 Å². The van der Waals surface area contributed by atoms with Gasteiger partial charge in [0.15, 0.2) is 0 Å². The molecule has 0 bridgehead atoms. The van der Waals surface area contributed by atoms with Gasteiger partial charge in [-0.05, 0) is 98.7 Å². The summed E-state index contributed by atoms with van der Waals surface area (Å²) in [6.07, 6.45) is 4.02. The third-order valence-electron chi connectivity index (χ3n) is 7.23. The molecule has 2 aliphatic carbocycles. The van der Waals surface area contributed by atoms with Gasteiger partial charge in [0.25, 0.3) is 0 Å². The monoisotopic (exact) mass is 472 g/mol. The molecule has 2 aliphatic rings. The number of carbonyl (C=O) groups is 2. The molecule has 7 heteroatoms. The Morgan fingerprint density at radius 2 is 1.74 bits per heavy atom. The quantitative estimate of drug-likeness (QED) is 0.376. The largest absolute Gasteiger partial charge is 0.497 e. The lowest BCUT2D eigenvalue weighted by Crippen LogP contribution is -2.38. The van der Waals surface area contributed by atoms with E-state index in [1.165, 1.54) is 6.07 Å². The van der Waals surface area contributed by atoms with Gasteiger partial charge in [0, 0.05) is 5.92 Å². The third kappa shape index (κ3) is 5.08. The molecule has 2 fully saturated rings. The highest BCUT2D eigenvalue weighted by atomic mass is 19.1. The molecule has 0 unspecified atom stereocenters. The minimum absolute atomic E-state index is 0.0139. The highest BCUT2D eigenvalue weighted by Crippen LogP contribution is 2.50. The number of carboxylic acid groups (broad SMARTS) is 1. The van der Waals surface area contributed by atoms with Crippen LogP contribution in [0.25, 0.3) is 0 Å². The maximum Gasteiger partial charge on any atom is 0.341 e. The van der Waals surface area contributed by atoms with E-state index in [2.05, 4.69) is 0 Å². The predicted molar refractivity (Wildman–Crippen MR) is 122 cm³/mol. The molecule has 0 amide bonds. The molecule has 4 rings (SSSR count). The van der Waals surface area contributed by atoms with Gasteiger partial charge in [0.05, 0.1) is 13.0 Å². The van der Waals surface area contributed by atoms with Gasteiger partial charge >= 0.3 is 11.9 Å². The second kappa shape index (κ2) is 9.72. The van der Waals surface area contributed by atoms with Crippen LogP contribution in [0, 0.1) is 17.7 Å². The van der Waals surface area contributed by atoms with Gasteiger partial charge < -0.3 is 14.6 Å². The minimum atomic E-state index is -2.41. The second-order valence-corrected chi connectivity index (χ2v) is 9.63. The van der Waals surface area contributed by atoms with E-state index in [-0.39, 0.29) is 35.3 Å². The number of methoxy groups -OCH3 is 1. The molecule has 0 saturated heterocycles. The van der Waals surface area contributed by atoms with E-state index in [1.807, 2.05) is 0 Å². The molecule has 2 aromatic rings. The first-order valence-electron chi connectivity index (χ1n) is 11.8. The summed E-state index contributed by atoms with van der Waals surface area (Å²) in [4.78, 5) is 24.4. The zero-order valence-corrected chi connectivity index (χ0v) is 19.4. The summed E-state index contributed by atoms with van der Waals surface area (Å²) in [5.41, 5.74) is -1.27. The number of alkyl halides is 1. The highest BCUT2D eigenvalue weighted by molar-refractivity contribution is 5.79. The normalized spacial score (nSPS) is 22.9. The van der Waals surface area contributed by atoms with E-state index in [9.17, 15) is 19.1 Å². The van der Waals surface area contributed by atoms with Crippen molar-refractivity contribution in [2.75, 3.05) is 7.11 Å². The number of esters is 1. The molecule has 5 nitrogen and oxygen atoms in total. The van der Waals surface area contributed by atoms with Crippen molar-refractivity contribution in [1.82, 2.24) is 0 Å². The average Bonchev–Trinajstić information content (AvgIpc) is 3.64. The van der Waals surface area contributed by atoms with Gasteiger partial charge in [-0.1, -0.05) is 12.1 Å². The minimum Gasteiger partial charge on any atom is -0.497 e. The Hall–Kier alpha value is -2.96. The molecule has 2 atom stereocenters. The fourth-order valence-electron chi connectivity index (χ4n) is 5.16. The zero-order valence-electron chi connectivity index (χ0n) is 19.4. The Morgan fingerprint density at radius 3 is 2.35 bits per heavy atom. The smallest absolute Gasteiger partial charge is 0.341 e. The van der Waals surface area contributed by atoms with Crippen molar-refractivity contribution in [3.63, 3.8) is 0 Å². The molecule has 1 N–H and O–H groups in total. The Labute approximate surface area is 198 Å². The molecule has 2 aromatic carbocycles.